The van der Waals surface area contributed by atoms with Gasteiger partial charge >= 0.3 is 6.18 Å². The summed E-state index contributed by atoms with van der Waals surface area (Å²) in [5.74, 6) is -4.31. The van der Waals surface area contributed by atoms with Gasteiger partial charge in [0.05, 0.1) is 5.69 Å². The number of amides is 2. The first-order chi connectivity index (χ1) is 16.9. The van der Waals surface area contributed by atoms with Crippen LogP contribution in [0.15, 0.2) is 42.9 Å². The van der Waals surface area contributed by atoms with Crippen molar-refractivity contribution in [3.63, 3.8) is 0 Å². The second-order valence-electron chi connectivity index (χ2n) is 8.62. The maximum atomic E-state index is 14.2. The van der Waals surface area contributed by atoms with Gasteiger partial charge in [-0.1, -0.05) is 0 Å². The summed E-state index contributed by atoms with van der Waals surface area (Å²) in [5, 5.41) is 2.26. The summed E-state index contributed by atoms with van der Waals surface area (Å²) in [5.41, 5.74) is 4.43. The lowest BCUT2D eigenvalue weighted by Crippen LogP contribution is -2.40. The zero-order chi connectivity index (χ0) is 26.3. The van der Waals surface area contributed by atoms with E-state index in [1.807, 2.05) is 0 Å². The molecule has 2 atom stereocenters. The molecule has 8 nitrogen and oxygen atoms in total. The van der Waals surface area contributed by atoms with E-state index >= 15 is 0 Å². The number of carbonyl (C=O) groups is 2. The molecule has 2 amide bonds. The van der Waals surface area contributed by atoms with E-state index in [1.54, 1.807) is 6.92 Å². The molecule has 0 fully saturated rings. The van der Waals surface area contributed by atoms with Gasteiger partial charge in [0.2, 0.25) is 5.91 Å². The summed E-state index contributed by atoms with van der Waals surface area (Å²) in [6.07, 6.45) is -2.34. The molecule has 188 valence electrons. The van der Waals surface area contributed by atoms with Crippen molar-refractivity contribution in [2.45, 2.75) is 31.4 Å². The Balaban J connectivity index is 1.80. The Morgan fingerprint density at radius 2 is 1.94 bits per heavy atom. The number of carbonyl (C=O) groups excluding carboxylic acids is 2. The number of nitrogens with two attached hydrogens (primary N) is 1. The fourth-order valence-corrected chi connectivity index (χ4v) is 3.89. The number of hydrogen-bond donors (Lipinski definition) is 2. The van der Waals surface area contributed by atoms with Crippen LogP contribution >= 0.6 is 0 Å². The highest BCUT2D eigenvalue weighted by atomic mass is 19.4. The first kappa shape index (κ1) is 25.0. The van der Waals surface area contributed by atoms with Crippen molar-refractivity contribution in [1.82, 2.24) is 20.3 Å². The van der Waals surface area contributed by atoms with E-state index in [1.165, 1.54) is 25.3 Å². The van der Waals surface area contributed by atoms with E-state index in [4.69, 9.17) is 10.5 Å². The minimum atomic E-state index is -4.82. The van der Waals surface area contributed by atoms with Crippen molar-refractivity contribution >= 4 is 11.8 Å². The molecule has 4 rings (SSSR count). The quantitative estimate of drug-likeness (QED) is 0.499. The number of aromatic nitrogens is 3. The van der Waals surface area contributed by atoms with Gasteiger partial charge in [-0.15, -0.1) is 0 Å². The minimum Gasteiger partial charge on any atom is -0.489 e. The summed E-state index contributed by atoms with van der Waals surface area (Å²) < 4.78 is 61.9. The van der Waals surface area contributed by atoms with Gasteiger partial charge in [0.25, 0.3) is 5.91 Å². The lowest BCUT2D eigenvalue weighted by molar-refractivity contribution is -0.149. The Hall–Kier alpha value is -4.09. The van der Waals surface area contributed by atoms with Crippen molar-refractivity contribution < 1.29 is 31.9 Å². The SMILES string of the molecule is Cc1cncnc1C(=O)NCC(c1cc2c(c(-c3ccc(F)cc3)n1)OC[C@]2(C)C(N)=O)C(F)(F)F. The largest absolute Gasteiger partial charge is 0.489 e. The van der Waals surface area contributed by atoms with Crippen LogP contribution in [0.2, 0.25) is 0 Å². The van der Waals surface area contributed by atoms with Gasteiger partial charge in [0.15, 0.2) is 0 Å². The Kier molecular flexibility index (Phi) is 6.37. The lowest BCUT2D eigenvalue weighted by atomic mass is 9.82. The van der Waals surface area contributed by atoms with Gasteiger partial charge in [-0.2, -0.15) is 13.2 Å². The topological polar surface area (TPSA) is 120 Å². The molecule has 1 aliphatic heterocycles. The van der Waals surface area contributed by atoms with Crippen LogP contribution in [0, 0.1) is 12.7 Å². The molecule has 1 aromatic carbocycles. The number of aryl methyl sites for hydroxylation is 1. The molecule has 0 spiro atoms. The van der Waals surface area contributed by atoms with Gasteiger partial charge in [0.1, 0.15) is 47.2 Å². The van der Waals surface area contributed by atoms with Crippen molar-refractivity contribution in [3.8, 4) is 17.0 Å². The number of ether oxygens (including phenoxy) is 1. The van der Waals surface area contributed by atoms with Crippen LogP contribution < -0.4 is 15.8 Å². The number of rotatable bonds is 6. The van der Waals surface area contributed by atoms with Gasteiger partial charge in [0, 0.05) is 23.9 Å². The number of primary amides is 1. The van der Waals surface area contributed by atoms with E-state index in [2.05, 4.69) is 20.3 Å². The highest BCUT2D eigenvalue weighted by Gasteiger charge is 2.47. The number of halogens is 4. The van der Waals surface area contributed by atoms with E-state index in [0.29, 0.717) is 5.56 Å². The van der Waals surface area contributed by atoms with Crippen LogP contribution in [0.3, 0.4) is 0 Å². The summed E-state index contributed by atoms with van der Waals surface area (Å²) in [4.78, 5) is 36.6. The third-order valence-corrected chi connectivity index (χ3v) is 6.08. The average molecular weight is 503 g/mol. The van der Waals surface area contributed by atoms with Gasteiger partial charge in [-0.05, 0) is 49.7 Å². The number of benzene rings is 1. The van der Waals surface area contributed by atoms with Gasteiger partial charge in [-0.3, -0.25) is 9.59 Å². The molecule has 3 N–H and O–H groups in total. The number of alkyl halides is 3. The number of pyridine rings is 1. The Bertz CT molecular complexity index is 1330. The summed E-state index contributed by atoms with van der Waals surface area (Å²) in [6, 6.07) is 6.06. The number of hydrogen-bond acceptors (Lipinski definition) is 6. The van der Waals surface area contributed by atoms with Crippen LogP contribution in [0.5, 0.6) is 5.75 Å². The Morgan fingerprint density at radius 3 is 2.56 bits per heavy atom. The van der Waals surface area contributed by atoms with Crippen LogP contribution in [0.4, 0.5) is 17.6 Å². The molecular weight excluding hydrogens is 482 g/mol. The van der Waals surface area contributed by atoms with Crippen molar-refractivity contribution in [3.05, 3.63) is 71.2 Å². The Morgan fingerprint density at radius 1 is 1.25 bits per heavy atom. The van der Waals surface area contributed by atoms with Gasteiger partial charge in [-0.25, -0.2) is 19.3 Å². The fraction of sp³-hybridized carbons (Fsp3) is 0.292. The van der Waals surface area contributed by atoms with Crippen LogP contribution in [-0.4, -0.2) is 46.1 Å². The minimum absolute atomic E-state index is 0.000281. The van der Waals surface area contributed by atoms with Crippen molar-refractivity contribution in [2.24, 2.45) is 5.73 Å². The zero-order valence-corrected chi connectivity index (χ0v) is 19.2. The monoisotopic (exact) mass is 503 g/mol. The second-order valence-corrected chi connectivity index (χ2v) is 8.62. The highest BCUT2D eigenvalue weighted by molar-refractivity contribution is 5.93. The molecule has 1 unspecified atom stereocenters. The fourth-order valence-electron chi connectivity index (χ4n) is 3.89. The molecule has 36 heavy (non-hydrogen) atoms. The molecular formula is C24H21F4N5O3. The lowest BCUT2D eigenvalue weighted by Gasteiger charge is -2.24. The summed E-state index contributed by atoms with van der Waals surface area (Å²) in [7, 11) is 0. The predicted octanol–water partition coefficient (Wildman–Crippen LogP) is 3.20. The number of fused-ring (bicyclic) bond motifs is 1. The standard InChI is InChI=1S/C24H21F4N5O3/c1-12-8-30-11-32-18(12)21(34)31-9-16(24(26,27)28)17-7-15-20(36-10-23(15,2)22(29)35)19(33-17)13-3-5-14(25)6-4-13/h3-8,11,16H,9-10H2,1-2H3,(H2,29,35)(H,31,34)/t16?,23-/m0/s1. The highest BCUT2D eigenvalue weighted by Crippen LogP contribution is 2.46. The van der Waals surface area contributed by atoms with E-state index in [9.17, 15) is 27.2 Å². The number of nitrogens with one attached hydrogen (secondary N) is 1. The maximum Gasteiger partial charge on any atom is 0.398 e. The van der Waals surface area contributed by atoms with Crippen LogP contribution in [0.25, 0.3) is 11.3 Å². The average Bonchev–Trinajstić information content (AvgIpc) is 3.17. The molecule has 1 aliphatic rings. The molecule has 12 heteroatoms. The van der Waals surface area contributed by atoms with E-state index in [-0.39, 0.29) is 34.9 Å². The molecule has 0 bridgehead atoms. The van der Waals surface area contributed by atoms with Gasteiger partial charge < -0.3 is 15.8 Å². The predicted molar refractivity (Wildman–Crippen MR) is 120 cm³/mol. The molecule has 3 aromatic rings. The van der Waals surface area contributed by atoms with E-state index < -0.39 is 47.4 Å². The second kappa shape index (κ2) is 9.17. The van der Waals surface area contributed by atoms with Crippen LogP contribution in [-0.2, 0) is 10.2 Å². The van der Waals surface area contributed by atoms with Crippen molar-refractivity contribution in [1.29, 1.82) is 0 Å². The molecule has 0 aliphatic carbocycles. The molecule has 0 saturated carbocycles. The van der Waals surface area contributed by atoms with Crippen LogP contribution in [0.1, 0.15) is 40.2 Å². The Labute approximate surface area is 202 Å². The molecule has 0 saturated heterocycles. The first-order valence-corrected chi connectivity index (χ1v) is 10.8. The molecule has 0 radical (unpaired) electrons. The maximum absolute atomic E-state index is 14.2. The third kappa shape index (κ3) is 4.58. The smallest absolute Gasteiger partial charge is 0.398 e. The van der Waals surface area contributed by atoms with E-state index in [0.717, 1.165) is 24.5 Å². The first-order valence-electron chi connectivity index (χ1n) is 10.8. The molecule has 3 heterocycles. The normalized spacial score (nSPS) is 17.7. The number of nitrogens with zero attached hydrogens (tertiary/aromatic N) is 3. The van der Waals surface area contributed by atoms with Crippen molar-refractivity contribution in [2.75, 3.05) is 13.2 Å². The third-order valence-electron chi connectivity index (χ3n) is 6.08. The summed E-state index contributed by atoms with van der Waals surface area (Å²) in [6.45, 7) is 1.96. The molecule has 2 aromatic heterocycles. The zero-order valence-electron chi connectivity index (χ0n) is 19.2. The summed E-state index contributed by atoms with van der Waals surface area (Å²) >= 11 is 0.